The van der Waals surface area contributed by atoms with E-state index in [1.807, 2.05) is 43.7 Å². The van der Waals surface area contributed by atoms with E-state index in [2.05, 4.69) is 28.2 Å². The molecular formula is C17H19N3OS. The van der Waals surface area contributed by atoms with Gasteiger partial charge in [0, 0.05) is 12.2 Å². The Morgan fingerprint density at radius 2 is 2.09 bits per heavy atom. The summed E-state index contributed by atoms with van der Waals surface area (Å²) >= 11 is 1.63. The van der Waals surface area contributed by atoms with Crippen molar-refractivity contribution in [3.8, 4) is 0 Å². The number of benzene rings is 1. The standard InChI is InChI=1S/C17H19N3OS/c1-11-8-13(5-4-12(11)10-20(2)3)18-17(21)15-9-16-14(19-15)6-7-22-16/h4-9,19H,10H2,1-3H3,(H,18,21). The summed E-state index contributed by atoms with van der Waals surface area (Å²) in [4.78, 5) is 17.6. The van der Waals surface area contributed by atoms with Crippen LogP contribution >= 0.6 is 11.3 Å². The minimum atomic E-state index is -0.108. The van der Waals surface area contributed by atoms with Crippen LogP contribution in [0.4, 0.5) is 5.69 Å². The molecule has 0 radical (unpaired) electrons. The van der Waals surface area contributed by atoms with Crippen molar-refractivity contribution < 1.29 is 4.79 Å². The van der Waals surface area contributed by atoms with Crippen LogP contribution in [0.2, 0.25) is 0 Å². The van der Waals surface area contributed by atoms with Crippen molar-refractivity contribution in [1.82, 2.24) is 9.88 Å². The molecule has 2 heterocycles. The number of nitrogens with zero attached hydrogens (tertiary/aromatic N) is 1. The molecule has 0 aliphatic rings. The minimum absolute atomic E-state index is 0.108. The average molecular weight is 313 g/mol. The largest absolute Gasteiger partial charge is 0.350 e. The Kier molecular flexibility index (Phi) is 4.00. The predicted molar refractivity (Wildman–Crippen MR) is 92.7 cm³/mol. The van der Waals surface area contributed by atoms with Crippen LogP contribution in [0.5, 0.6) is 0 Å². The summed E-state index contributed by atoms with van der Waals surface area (Å²) in [5, 5.41) is 4.96. The van der Waals surface area contributed by atoms with Crippen LogP contribution in [0, 0.1) is 6.92 Å². The highest BCUT2D eigenvalue weighted by atomic mass is 32.1. The summed E-state index contributed by atoms with van der Waals surface area (Å²) in [7, 11) is 4.10. The molecule has 0 fully saturated rings. The fourth-order valence-electron chi connectivity index (χ4n) is 2.46. The van der Waals surface area contributed by atoms with Gasteiger partial charge in [0.05, 0.1) is 10.2 Å². The number of fused-ring (bicyclic) bond motifs is 1. The first kappa shape index (κ1) is 14.8. The molecule has 3 aromatic rings. The van der Waals surface area contributed by atoms with E-state index in [0.717, 1.165) is 22.4 Å². The van der Waals surface area contributed by atoms with Crippen LogP contribution in [0.1, 0.15) is 21.6 Å². The summed E-state index contributed by atoms with van der Waals surface area (Å²) in [6.45, 7) is 2.96. The van der Waals surface area contributed by atoms with Crippen LogP contribution in [-0.4, -0.2) is 29.9 Å². The third-order valence-corrected chi connectivity index (χ3v) is 4.44. The van der Waals surface area contributed by atoms with E-state index in [9.17, 15) is 4.79 Å². The molecular weight excluding hydrogens is 294 g/mol. The zero-order chi connectivity index (χ0) is 15.7. The molecule has 1 amide bonds. The van der Waals surface area contributed by atoms with E-state index >= 15 is 0 Å². The molecule has 5 heteroatoms. The second kappa shape index (κ2) is 5.94. The second-order valence-electron chi connectivity index (χ2n) is 5.71. The highest BCUT2D eigenvalue weighted by Crippen LogP contribution is 2.22. The van der Waals surface area contributed by atoms with Crippen molar-refractivity contribution in [3.05, 3.63) is 52.5 Å². The SMILES string of the molecule is Cc1cc(NC(=O)c2cc3sccc3[nH]2)ccc1CN(C)C. The van der Waals surface area contributed by atoms with Crippen molar-refractivity contribution in [3.63, 3.8) is 0 Å². The molecule has 1 aromatic carbocycles. The van der Waals surface area contributed by atoms with Crippen LogP contribution in [0.15, 0.2) is 35.7 Å². The summed E-state index contributed by atoms with van der Waals surface area (Å²) < 4.78 is 1.10. The van der Waals surface area contributed by atoms with Crippen LogP contribution < -0.4 is 5.32 Å². The van der Waals surface area contributed by atoms with Gasteiger partial charge in [-0.1, -0.05) is 6.07 Å². The predicted octanol–water partition coefficient (Wildman–Crippen LogP) is 3.85. The van der Waals surface area contributed by atoms with Gasteiger partial charge in [0.25, 0.3) is 5.91 Å². The van der Waals surface area contributed by atoms with Gasteiger partial charge in [-0.25, -0.2) is 0 Å². The Labute approximate surface area is 133 Å². The van der Waals surface area contributed by atoms with E-state index in [1.54, 1.807) is 11.3 Å². The Morgan fingerprint density at radius 1 is 1.27 bits per heavy atom. The number of aromatic nitrogens is 1. The molecule has 0 unspecified atom stereocenters. The number of nitrogens with one attached hydrogen (secondary N) is 2. The van der Waals surface area contributed by atoms with Crippen LogP contribution in [0.3, 0.4) is 0 Å². The number of hydrogen-bond acceptors (Lipinski definition) is 3. The zero-order valence-electron chi connectivity index (χ0n) is 12.9. The molecule has 114 valence electrons. The molecule has 0 bridgehead atoms. The topological polar surface area (TPSA) is 48.1 Å². The molecule has 2 aromatic heterocycles. The first-order valence-corrected chi connectivity index (χ1v) is 8.03. The minimum Gasteiger partial charge on any atom is -0.350 e. The van der Waals surface area contributed by atoms with E-state index in [4.69, 9.17) is 0 Å². The third kappa shape index (κ3) is 3.05. The average Bonchev–Trinajstić information content (AvgIpc) is 3.02. The lowest BCUT2D eigenvalue weighted by Crippen LogP contribution is -2.14. The first-order chi connectivity index (χ1) is 10.5. The van der Waals surface area contributed by atoms with Gasteiger partial charge in [0.15, 0.2) is 0 Å². The lowest BCUT2D eigenvalue weighted by Gasteiger charge is -2.13. The molecule has 4 nitrogen and oxygen atoms in total. The van der Waals surface area contributed by atoms with Gasteiger partial charge in [-0.15, -0.1) is 11.3 Å². The molecule has 0 saturated carbocycles. The quantitative estimate of drug-likeness (QED) is 0.768. The second-order valence-corrected chi connectivity index (χ2v) is 6.66. The molecule has 2 N–H and O–H groups in total. The maximum absolute atomic E-state index is 12.3. The maximum atomic E-state index is 12.3. The Hall–Kier alpha value is -2.11. The maximum Gasteiger partial charge on any atom is 0.272 e. The van der Waals surface area contributed by atoms with Gasteiger partial charge in [-0.3, -0.25) is 4.79 Å². The number of thiophene rings is 1. The summed E-state index contributed by atoms with van der Waals surface area (Å²) in [6, 6.07) is 9.91. The number of anilines is 1. The zero-order valence-corrected chi connectivity index (χ0v) is 13.8. The summed E-state index contributed by atoms with van der Waals surface area (Å²) in [6.07, 6.45) is 0. The monoisotopic (exact) mass is 313 g/mol. The molecule has 0 aliphatic heterocycles. The van der Waals surface area contributed by atoms with E-state index in [0.29, 0.717) is 5.69 Å². The Bertz CT molecular complexity index is 788. The number of amides is 1. The van der Waals surface area contributed by atoms with Gasteiger partial charge in [0.1, 0.15) is 5.69 Å². The first-order valence-electron chi connectivity index (χ1n) is 7.15. The molecule has 0 atom stereocenters. The van der Waals surface area contributed by atoms with E-state index < -0.39 is 0 Å². The van der Waals surface area contributed by atoms with Crippen molar-refractivity contribution in [1.29, 1.82) is 0 Å². The number of rotatable bonds is 4. The molecule has 0 spiro atoms. The normalized spacial score (nSPS) is 11.3. The van der Waals surface area contributed by atoms with Crippen LogP contribution in [-0.2, 0) is 6.54 Å². The lowest BCUT2D eigenvalue weighted by atomic mass is 10.1. The number of aryl methyl sites for hydroxylation is 1. The summed E-state index contributed by atoms with van der Waals surface area (Å²) in [5.41, 5.74) is 4.87. The fraction of sp³-hybridized carbons (Fsp3) is 0.235. The van der Waals surface area contributed by atoms with Gasteiger partial charge in [0.2, 0.25) is 0 Å². The van der Waals surface area contributed by atoms with Crippen molar-refractivity contribution >= 4 is 33.1 Å². The summed E-state index contributed by atoms with van der Waals surface area (Å²) in [5.74, 6) is -0.108. The van der Waals surface area contributed by atoms with Crippen LogP contribution in [0.25, 0.3) is 10.2 Å². The van der Waals surface area contributed by atoms with Gasteiger partial charge in [-0.05, 0) is 61.8 Å². The molecule has 3 rings (SSSR count). The highest BCUT2D eigenvalue weighted by Gasteiger charge is 2.11. The lowest BCUT2D eigenvalue weighted by molar-refractivity contribution is 0.102. The molecule has 0 aliphatic carbocycles. The number of hydrogen-bond donors (Lipinski definition) is 2. The van der Waals surface area contributed by atoms with E-state index in [-0.39, 0.29) is 5.91 Å². The van der Waals surface area contributed by atoms with E-state index in [1.165, 1.54) is 11.1 Å². The smallest absolute Gasteiger partial charge is 0.272 e. The van der Waals surface area contributed by atoms with Crippen molar-refractivity contribution in [2.24, 2.45) is 0 Å². The molecule has 22 heavy (non-hydrogen) atoms. The number of carbonyl (C=O) groups excluding carboxylic acids is 1. The van der Waals surface area contributed by atoms with Gasteiger partial charge >= 0.3 is 0 Å². The number of H-pyrrole nitrogens is 1. The van der Waals surface area contributed by atoms with Gasteiger partial charge in [-0.2, -0.15) is 0 Å². The number of aromatic amines is 1. The van der Waals surface area contributed by atoms with Gasteiger partial charge < -0.3 is 15.2 Å². The third-order valence-electron chi connectivity index (χ3n) is 3.57. The Balaban J connectivity index is 1.76. The number of carbonyl (C=O) groups is 1. The Morgan fingerprint density at radius 3 is 2.77 bits per heavy atom. The van der Waals surface area contributed by atoms with Crippen molar-refractivity contribution in [2.45, 2.75) is 13.5 Å². The highest BCUT2D eigenvalue weighted by molar-refractivity contribution is 7.17. The van der Waals surface area contributed by atoms with Crippen molar-refractivity contribution in [2.75, 3.05) is 19.4 Å². The molecule has 0 saturated heterocycles. The fourth-order valence-corrected chi connectivity index (χ4v) is 3.24.